The molecule has 0 spiro atoms. The first-order valence-corrected chi connectivity index (χ1v) is 9.59. The van der Waals surface area contributed by atoms with E-state index in [4.69, 9.17) is 0 Å². The minimum absolute atomic E-state index is 0.0776. The summed E-state index contributed by atoms with van der Waals surface area (Å²) in [5.41, 5.74) is 2.92. The molecule has 1 saturated carbocycles. The number of benzene rings is 2. The van der Waals surface area contributed by atoms with Crippen LogP contribution in [-0.2, 0) is 6.54 Å². The summed E-state index contributed by atoms with van der Waals surface area (Å²) in [6.07, 6.45) is 4.99. The van der Waals surface area contributed by atoms with Gasteiger partial charge in [-0.05, 0) is 42.7 Å². The van der Waals surface area contributed by atoms with Gasteiger partial charge in [0, 0.05) is 23.2 Å². The second-order valence-electron chi connectivity index (χ2n) is 7.34. The highest BCUT2D eigenvalue weighted by molar-refractivity contribution is 5.94. The molecule has 0 atom stereocenters. The molecule has 4 aromatic rings. The fraction of sp³-hybridized carbons (Fsp3) is 0.182. The Hall–Kier alpha value is -3.68. The van der Waals surface area contributed by atoms with E-state index in [1.807, 2.05) is 18.2 Å². The summed E-state index contributed by atoms with van der Waals surface area (Å²) in [5.74, 6) is -1.44. The van der Waals surface area contributed by atoms with Gasteiger partial charge in [0.2, 0.25) is 0 Å². The van der Waals surface area contributed by atoms with E-state index in [0.717, 1.165) is 24.5 Å². The quantitative estimate of drug-likeness (QED) is 0.549. The highest BCUT2D eigenvalue weighted by Gasteiger charge is 2.24. The number of nitrogens with zero attached hydrogens (tertiary/aromatic N) is 4. The first kappa shape index (κ1) is 18.4. The first-order chi connectivity index (χ1) is 14.6. The third-order valence-electron chi connectivity index (χ3n) is 5.04. The van der Waals surface area contributed by atoms with Gasteiger partial charge >= 0.3 is 0 Å². The van der Waals surface area contributed by atoms with E-state index in [-0.39, 0.29) is 11.5 Å². The van der Waals surface area contributed by atoms with Crippen LogP contribution < -0.4 is 5.32 Å². The topological polar surface area (TPSA) is 72.7 Å². The van der Waals surface area contributed by atoms with E-state index >= 15 is 0 Å². The number of carbonyl (C=O) groups excluding carboxylic acids is 1. The van der Waals surface area contributed by atoms with Crippen molar-refractivity contribution in [3.8, 4) is 11.3 Å². The Morgan fingerprint density at radius 2 is 1.97 bits per heavy atom. The van der Waals surface area contributed by atoms with E-state index in [2.05, 4.69) is 20.3 Å². The number of aromatic nitrogens is 4. The van der Waals surface area contributed by atoms with Gasteiger partial charge in [-0.1, -0.05) is 12.1 Å². The molecule has 0 bridgehead atoms. The van der Waals surface area contributed by atoms with Gasteiger partial charge in [-0.3, -0.25) is 4.79 Å². The molecule has 0 unspecified atom stereocenters. The molecule has 2 heterocycles. The molecule has 0 aliphatic heterocycles. The summed E-state index contributed by atoms with van der Waals surface area (Å²) in [6, 6.07) is 11.0. The van der Waals surface area contributed by atoms with Gasteiger partial charge in [0.05, 0.1) is 12.9 Å². The number of halogens is 2. The molecule has 1 fully saturated rings. The van der Waals surface area contributed by atoms with Gasteiger partial charge in [0.25, 0.3) is 5.91 Å². The molecule has 1 aliphatic rings. The van der Waals surface area contributed by atoms with Crippen molar-refractivity contribution in [2.45, 2.75) is 25.4 Å². The lowest BCUT2D eigenvalue weighted by atomic mass is 10.1. The Labute approximate surface area is 170 Å². The third kappa shape index (κ3) is 3.52. The van der Waals surface area contributed by atoms with E-state index in [1.165, 1.54) is 18.5 Å². The van der Waals surface area contributed by atoms with Crippen LogP contribution in [0.25, 0.3) is 22.4 Å². The summed E-state index contributed by atoms with van der Waals surface area (Å²) >= 11 is 0. The van der Waals surface area contributed by atoms with Crippen LogP contribution in [0.15, 0.2) is 55.1 Å². The van der Waals surface area contributed by atoms with Crippen molar-refractivity contribution in [1.29, 1.82) is 0 Å². The van der Waals surface area contributed by atoms with Crippen LogP contribution in [-0.4, -0.2) is 31.5 Å². The molecule has 0 radical (unpaired) electrons. The summed E-state index contributed by atoms with van der Waals surface area (Å²) < 4.78 is 29.3. The standard InChI is InChI=1S/C22H17F2N5O/c23-15-4-7-17(18(24)9-15)19-20-21(26-11-25-19)29(12-27-20)10-13-2-1-3-14(8-13)22(30)28-16-5-6-16/h1-4,7-9,11-12,16H,5-6,10H2,(H,28,30). The lowest BCUT2D eigenvalue weighted by molar-refractivity contribution is 0.0951. The third-order valence-corrected chi connectivity index (χ3v) is 5.04. The molecule has 1 N–H and O–H groups in total. The Kier molecular flexibility index (Phi) is 4.46. The van der Waals surface area contributed by atoms with Crippen molar-refractivity contribution in [2.24, 2.45) is 0 Å². The zero-order chi connectivity index (χ0) is 20.7. The largest absolute Gasteiger partial charge is 0.349 e. The Morgan fingerprint density at radius 1 is 1.10 bits per heavy atom. The lowest BCUT2D eigenvalue weighted by Crippen LogP contribution is -2.25. The minimum atomic E-state index is -0.709. The average Bonchev–Trinajstić information content (AvgIpc) is 3.46. The number of rotatable bonds is 5. The highest BCUT2D eigenvalue weighted by Crippen LogP contribution is 2.27. The van der Waals surface area contributed by atoms with Gasteiger partial charge in [-0.15, -0.1) is 0 Å². The van der Waals surface area contributed by atoms with Crippen molar-refractivity contribution in [3.05, 3.63) is 77.9 Å². The average molecular weight is 405 g/mol. The molecule has 6 nitrogen and oxygen atoms in total. The summed E-state index contributed by atoms with van der Waals surface area (Å²) in [7, 11) is 0. The van der Waals surface area contributed by atoms with E-state index in [9.17, 15) is 13.6 Å². The zero-order valence-corrected chi connectivity index (χ0v) is 15.8. The summed E-state index contributed by atoms with van der Waals surface area (Å²) in [4.78, 5) is 25.1. The predicted molar refractivity (Wildman–Crippen MR) is 107 cm³/mol. The fourth-order valence-electron chi connectivity index (χ4n) is 3.38. The molecule has 30 heavy (non-hydrogen) atoms. The molecular weight excluding hydrogens is 388 g/mol. The van der Waals surface area contributed by atoms with Crippen molar-refractivity contribution in [1.82, 2.24) is 24.8 Å². The second kappa shape index (κ2) is 7.29. The molecule has 0 saturated heterocycles. The van der Waals surface area contributed by atoms with Crippen LogP contribution >= 0.6 is 0 Å². The Balaban J connectivity index is 1.47. The van der Waals surface area contributed by atoms with Gasteiger partial charge in [0.1, 0.15) is 29.2 Å². The lowest BCUT2D eigenvalue weighted by Gasteiger charge is -2.08. The maximum atomic E-state index is 14.3. The van der Waals surface area contributed by atoms with Gasteiger partial charge in [0.15, 0.2) is 5.65 Å². The number of fused-ring (bicyclic) bond motifs is 1. The molecule has 2 aromatic heterocycles. The summed E-state index contributed by atoms with van der Waals surface area (Å²) in [6.45, 7) is 0.434. The van der Waals surface area contributed by atoms with E-state index in [0.29, 0.717) is 35.0 Å². The van der Waals surface area contributed by atoms with Gasteiger partial charge < -0.3 is 9.88 Å². The SMILES string of the molecule is O=C(NC1CC1)c1cccc(Cn2cnc3c(-c4ccc(F)cc4F)ncnc32)c1. The maximum Gasteiger partial charge on any atom is 0.251 e. The van der Waals surface area contributed by atoms with Crippen LogP contribution in [0.2, 0.25) is 0 Å². The maximum absolute atomic E-state index is 14.3. The number of hydrogen-bond donors (Lipinski definition) is 1. The first-order valence-electron chi connectivity index (χ1n) is 9.59. The van der Waals surface area contributed by atoms with Crippen LogP contribution in [0.4, 0.5) is 8.78 Å². The molecule has 1 aliphatic carbocycles. The van der Waals surface area contributed by atoms with E-state index < -0.39 is 11.6 Å². The molecule has 8 heteroatoms. The molecular formula is C22H17F2N5O. The molecule has 5 rings (SSSR count). The summed E-state index contributed by atoms with van der Waals surface area (Å²) in [5, 5.41) is 2.98. The molecule has 150 valence electrons. The fourth-order valence-corrected chi connectivity index (χ4v) is 3.38. The minimum Gasteiger partial charge on any atom is -0.349 e. The van der Waals surface area contributed by atoms with Crippen molar-refractivity contribution >= 4 is 17.1 Å². The van der Waals surface area contributed by atoms with Crippen LogP contribution in [0, 0.1) is 11.6 Å². The number of carbonyl (C=O) groups is 1. The Morgan fingerprint density at radius 3 is 2.77 bits per heavy atom. The predicted octanol–water partition coefficient (Wildman–Crippen LogP) is 3.71. The van der Waals surface area contributed by atoms with Crippen LogP contribution in [0.1, 0.15) is 28.8 Å². The number of hydrogen-bond acceptors (Lipinski definition) is 4. The number of nitrogens with one attached hydrogen (secondary N) is 1. The monoisotopic (exact) mass is 405 g/mol. The van der Waals surface area contributed by atoms with Crippen molar-refractivity contribution in [3.63, 3.8) is 0 Å². The van der Waals surface area contributed by atoms with Crippen molar-refractivity contribution < 1.29 is 13.6 Å². The zero-order valence-electron chi connectivity index (χ0n) is 15.8. The number of imidazole rings is 1. The smallest absolute Gasteiger partial charge is 0.251 e. The van der Waals surface area contributed by atoms with E-state index in [1.54, 1.807) is 17.0 Å². The van der Waals surface area contributed by atoms with Gasteiger partial charge in [-0.25, -0.2) is 23.7 Å². The highest BCUT2D eigenvalue weighted by atomic mass is 19.1. The van der Waals surface area contributed by atoms with Crippen LogP contribution in [0.5, 0.6) is 0 Å². The Bertz CT molecular complexity index is 1270. The van der Waals surface area contributed by atoms with Crippen molar-refractivity contribution in [2.75, 3.05) is 0 Å². The molecule has 2 aromatic carbocycles. The van der Waals surface area contributed by atoms with Crippen LogP contribution in [0.3, 0.4) is 0 Å². The second-order valence-corrected chi connectivity index (χ2v) is 7.34. The number of amides is 1. The molecule has 1 amide bonds. The normalized spacial score (nSPS) is 13.5. The van der Waals surface area contributed by atoms with Gasteiger partial charge in [-0.2, -0.15) is 0 Å².